The number of halogens is 1. The predicted molar refractivity (Wildman–Crippen MR) is 149 cm³/mol. The molecule has 0 aliphatic heterocycles. The van der Waals surface area contributed by atoms with Crippen molar-refractivity contribution in [2.75, 3.05) is 5.32 Å². The number of fused-ring (bicyclic) bond motifs is 1. The first-order chi connectivity index (χ1) is 16.9. The van der Waals surface area contributed by atoms with Gasteiger partial charge in [-0.1, -0.05) is 18.1 Å². The van der Waals surface area contributed by atoms with Gasteiger partial charge in [0.25, 0.3) is 0 Å². The number of rotatable bonds is 2. The van der Waals surface area contributed by atoms with Crippen LogP contribution in [0.25, 0.3) is 16.2 Å². The van der Waals surface area contributed by atoms with E-state index in [4.69, 9.17) is 11.4 Å². The molecule has 0 spiro atoms. The summed E-state index contributed by atoms with van der Waals surface area (Å²) in [4.78, 5) is 14.9. The number of thiophene rings is 1. The molecule has 0 atom stereocenters. The molecule has 5 aromatic rings. The molecule has 180 valence electrons. The lowest BCUT2D eigenvalue weighted by atomic mass is 10.1. The molecule has 0 fully saturated rings. The van der Waals surface area contributed by atoms with Crippen LogP contribution in [0.3, 0.4) is 0 Å². The van der Waals surface area contributed by atoms with Gasteiger partial charge in [-0.25, -0.2) is 15.0 Å². The van der Waals surface area contributed by atoms with E-state index in [1.165, 1.54) is 0 Å². The van der Waals surface area contributed by atoms with Gasteiger partial charge < -0.3 is 5.32 Å². The second-order valence-corrected chi connectivity index (χ2v) is 9.55. The van der Waals surface area contributed by atoms with Crippen LogP contribution in [-0.2, 0) is 0 Å². The zero-order valence-electron chi connectivity index (χ0n) is 20.1. The lowest BCUT2D eigenvalue weighted by molar-refractivity contribution is 0.626. The van der Waals surface area contributed by atoms with Crippen LogP contribution in [0.1, 0.15) is 37.0 Å². The number of hydrogen-bond acceptors (Lipinski definition) is 6. The van der Waals surface area contributed by atoms with Crippen LogP contribution in [0, 0.1) is 24.2 Å². The number of nitrogens with one attached hydrogen (secondary N) is 1. The van der Waals surface area contributed by atoms with E-state index in [-0.39, 0.29) is 17.9 Å². The van der Waals surface area contributed by atoms with Gasteiger partial charge in [-0.3, -0.25) is 0 Å². The van der Waals surface area contributed by atoms with Gasteiger partial charge in [0, 0.05) is 24.1 Å². The first-order valence-corrected chi connectivity index (χ1v) is 11.8. The highest BCUT2D eigenvalue weighted by Crippen LogP contribution is 2.34. The predicted octanol–water partition coefficient (Wildman–Crippen LogP) is 5.95. The molecule has 0 bridgehead atoms. The molecule has 5 heterocycles. The van der Waals surface area contributed by atoms with Crippen LogP contribution in [0.5, 0.6) is 0 Å². The minimum atomic E-state index is -0.110. The van der Waals surface area contributed by atoms with Crippen LogP contribution in [0.15, 0.2) is 79.3 Å². The molecule has 0 saturated carbocycles. The molecule has 5 rings (SSSR count). The zero-order chi connectivity index (χ0) is 24.7. The summed E-state index contributed by atoms with van der Waals surface area (Å²) in [6, 6.07) is 19.1. The Balaban J connectivity index is 0.000000344. The second-order valence-electron chi connectivity index (χ2n) is 8.47. The van der Waals surface area contributed by atoms with Gasteiger partial charge in [0.05, 0.1) is 9.75 Å². The SMILES string of the molecule is C#Cc1ccccn1.CC(C)(C)Nc1c(-c2ccc(C#Cc3ccccn3)s2)nc2cccnn12.Cl. The normalized spacial score (nSPS) is 10.2. The number of imidazole rings is 1. The van der Waals surface area contributed by atoms with Crippen LogP contribution in [0.4, 0.5) is 5.82 Å². The van der Waals surface area contributed by atoms with Gasteiger partial charge in [0.15, 0.2) is 11.5 Å². The second kappa shape index (κ2) is 12.0. The van der Waals surface area contributed by atoms with Gasteiger partial charge in [-0.05, 0) is 81.1 Å². The van der Waals surface area contributed by atoms with Gasteiger partial charge in [-0.15, -0.1) is 30.2 Å². The number of anilines is 1. The molecule has 36 heavy (non-hydrogen) atoms. The van der Waals surface area contributed by atoms with Crippen molar-refractivity contribution in [2.24, 2.45) is 0 Å². The van der Waals surface area contributed by atoms with Crippen molar-refractivity contribution >= 4 is 35.2 Å². The van der Waals surface area contributed by atoms with Gasteiger partial charge in [0.2, 0.25) is 0 Å². The van der Waals surface area contributed by atoms with Crippen molar-refractivity contribution in [3.63, 3.8) is 0 Å². The maximum Gasteiger partial charge on any atom is 0.157 e. The summed E-state index contributed by atoms with van der Waals surface area (Å²) in [5.41, 5.74) is 3.04. The number of aromatic nitrogens is 5. The van der Waals surface area contributed by atoms with Crippen molar-refractivity contribution in [3.05, 3.63) is 95.5 Å². The van der Waals surface area contributed by atoms with E-state index in [0.29, 0.717) is 5.69 Å². The summed E-state index contributed by atoms with van der Waals surface area (Å²) in [7, 11) is 0. The highest BCUT2D eigenvalue weighted by molar-refractivity contribution is 7.16. The molecular formula is C28H25ClN6S. The molecule has 0 aliphatic carbocycles. The van der Waals surface area contributed by atoms with Gasteiger partial charge in [-0.2, -0.15) is 9.61 Å². The van der Waals surface area contributed by atoms with E-state index >= 15 is 0 Å². The van der Waals surface area contributed by atoms with E-state index in [1.54, 1.807) is 36.0 Å². The average Bonchev–Trinajstić information content (AvgIpc) is 3.48. The quantitative estimate of drug-likeness (QED) is 0.296. The van der Waals surface area contributed by atoms with Crippen LogP contribution in [-0.4, -0.2) is 30.1 Å². The molecule has 0 aliphatic rings. The van der Waals surface area contributed by atoms with Gasteiger partial charge >= 0.3 is 0 Å². The standard InChI is InChI=1S/C21H19N5S.C7H5N.ClH/c1-21(2,3)25-20-19(24-18-8-6-14-23-26(18)20)17-12-11-16(27-17)10-9-15-7-4-5-13-22-15;1-2-7-5-3-4-6-8-7;/h4-8,11-14,25H,1-3H3;1,3-6H;1H. The molecule has 0 unspecified atom stereocenters. The minimum Gasteiger partial charge on any atom is -0.364 e. The number of terminal acetylenes is 1. The Morgan fingerprint density at radius 3 is 2.19 bits per heavy atom. The molecule has 0 amide bonds. The van der Waals surface area contributed by atoms with Crippen molar-refractivity contribution in [1.29, 1.82) is 0 Å². The fraction of sp³-hybridized carbons (Fsp3) is 0.143. The third-order valence-corrected chi connectivity index (χ3v) is 5.52. The lowest BCUT2D eigenvalue weighted by Gasteiger charge is -2.21. The van der Waals surface area contributed by atoms with E-state index in [1.807, 2.05) is 53.0 Å². The summed E-state index contributed by atoms with van der Waals surface area (Å²) >= 11 is 1.62. The Bertz CT molecular complexity index is 1520. The van der Waals surface area contributed by atoms with Crippen molar-refractivity contribution in [2.45, 2.75) is 26.3 Å². The Morgan fingerprint density at radius 2 is 1.58 bits per heavy atom. The van der Waals surface area contributed by atoms with Gasteiger partial charge in [0.1, 0.15) is 17.1 Å². The molecule has 5 aromatic heterocycles. The highest BCUT2D eigenvalue weighted by Gasteiger charge is 2.20. The molecule has 0 radical (unpaired) electrons. The van der Waals surface area contributed by atoms with Crippen molar-refractivity contribution < 1.29 is 0 Å². The summed E-state index contributed by atoms with van der Waals surface area (Å²) < 4.78 is 1.85. The highest BCUT2D eigenvalue weighted by atomic mass is 35.5. The first kappa shape index (κ1) is 26.4. The summed E-state index contributed by atoms with van der Waals surface area (Å²) in [6.07, 6.45) is 10.2. The monoisotopic (exact) mass is 512 g/mol. The van der Waals surface area contributed by atoms with E-state index < -0.39 is 0 Å². The van der Waals surface area contributed by atoms with E-state index in [9.17, 15) is 0 Å². The Morgan fingerprint density at radius 1 is 0.861 bits per heavy atom. The van der Waals surface area contributed by atoms with E-state index in [0.717, 1.165) is 32.6 Å². The largest absolute Gasteiger partial charge is 0.364 e. The van der Waals surface area contributed by atoms with Crippen LogP contribution >= 0.6 is 23.7 Å². The molecule has 6 nitrogen and oxygen atoms in total. The van der Waals surface area contributed by atoms with Crippen LogP contribution < -0.4 is 5.32 Å². The summed E-state index contributed by atoms with van der Waals surface area (Å²) in [5, 5.41) is 7.99. The molecule has 0 saturated heterocycles. The topological polar surface area (TPSA) is 68.0 Å². The molecular weight excluding hydrogens is 488 g/mol. The Hall–Kier alpha value is -4.17. The lowest BCUT2D eigenvalue weighted by Crippen LogP contribution is -2.27. The molecule has 8 heteroatoms. The third-order valence-electron chi connectivity index (χ3n) is 4.52. The summed E-state index contributed by atoms with van der Waals surface area (Å²) in [5.74, 6) is 9.60. The number of nitrogens with zero attached hydrogens (tertiary/aromatic N) is 5. The van der Waals surface area contributed by atoms with Crippen LogP contribution in [0.2, 0.25) is 0 Å². The number of hydrogen-bond donors (Lipinski definition) is 1. The Labute approximate surface area is 221 Å². The first-order valence-electron chi connectivity index (χ1n) is 11.0. The smallest absolute Gasteiger partial charge is 0.157 e. The molecule has 1 N–H and O–H groups in total. The maximum absolute atomic E-state index is 5.04. The summed E-state index contributed by atoms with van der Waals surface area (Å²) in [6.45, 7) is 6.37. The van der Waals surface area contributed by atoms with E-state index in [2.05, 4.69) is 65.0 Å². The third kappa shape index (κ3) is 6.93. The van der Waals surface area contributed by atoms with Crippen molar-refractivity contribution in [3.8, 4) is 34.8 Å². The minimum absolute atomic E-state index is 0. The number of pyridine rings is 2. The molecule has 0 aromatic carbocycles. The average molecular weight is 513 g/mol. The Kier molecular flexibility index (Phi) is 8.81. The van der Waals surface area contributed by atoms with Crippen molar-refractivity contribution in [1.82, 2.24) is 24.6 Å². The maximum atomic E-state index is 5.04. The fourth-order valence-corrected chi connectivity index (χ4v) is 3.92. The zero-order valence-corrected chi connectivity index (χ0v) is 21.8. The fourth-order valence-electron chi connectivity index (χ4n) is 3.07.